The highest BCUT2D eigenvalue weighted by Gasteiger charge is 2.22. The molecule has 0 amide bonds. The van der Waals surface area contributed by atoms with Gasteiger partial charge in [-0.1, -0.05) is 0 Å². The number of carbonyl (C=O) groups is 2. The van der Waals surface area contributed by atoms with Gasteiger partial charge in [-0.15, -0.1) is 0 Å². The lowest BCUT2D eigenvalue weighted by Crippen LogP contribution is -2.29. The Morgan fingerprint density at radius 1 is 0.895 bits per heavy atom. The molecule has 0 saturated heterocycles. The van der Waals surface area contributed by atoms with Crippen molar-refractivity contribution in [1.82, 2.24) is 0 Å². The summed E-state index contributed by atoms with van der Waals surface area (Å²) in [5.41, 5.74) is 0. The van der Waals surface area contributed by atoms with Gasteiger partial charge in [-0.3, -0.25) is 9.59 Å². The van der Waals surface area contributed by atoms with Crippen LogP contribution in [0.3, 0.4) is 0 Å². The molecule has 0 radical (unpaired) electrons. The first-order valence-corrected chi connectivity index (χ1v) is 13.3. The summed E-state index contributed by atoms with van der Waals surface area (Å²) in [5.74, 6) is 0.318. The van der Waals surface area contributed by atoms with Crippen LogP contribution in [0.1, 0.15) is 19.8 Å². The van der Waals surface area contributed by atoms with Crippen LogP contribution >= 0.6 is 0 Å². The van der Waals surface area contributed by atoms with Gasteiger partial charge in [-0.05, 0) is 46.2 Å². The SMILES string of the molecule is CC(=O)/C=C(/CCC(=O)O[Si](C)(C)C)O[Si](C)(C)C. The van der Waals surface area contributed by atoms with Crippen molar-refractivity contribution in [3.8, 4) is 0 Å². The summed E-state index contributed by atoms with van der Waals surface area (Å²) in [4.78, 5) is 22.8. The number of carbonyl (C=O) groups excluding carboxylic acids is 2. The number of ketones is 1. The molecular weight excluding hydrogens is 276 g/mol. The fourth-order valence-electron chi connectivity index (χ4n) is 1.39. The molecule has 0 aromatic heterocycles. The van der Waals surface area contributed by atoms with E-state index in [2.05, 4.69) is 0 Å². The molecular formula is C13H26O4Si2. The monoisotopic (exact) mass is 302 g/mol. The van der Waals surface area contributed by atoms with Crippen LogP contribution in [0.5, 0.6) is 0 Å². The summed E-state index contributed by atoms with van der Waals surface area (Å²) < 4.78 is 11.2. The Balaban J connectivity index is 4.52. The highest BCUT2D eigenvalue weighted by Crippen LogP contribution is 2.16. The molecule has 4 nitrogen and oxygen atoms in total. The van der Waals surface area contributed by atoms with Gasteiger partial charge in [-0.2, -0.15) is 0 Å². The van der Waals surface area contributed by atoms with Crippen molar-refractivity contribution in [1.29, 1.82) is 0 Å². The number of hydrogen-bond donors (Lipinski definition) is 0. The molecule has 0 bridgehead atoms. The lowest BCUT2D eigenvalue weighted by Gasteiger charge is -2.22. The Bertz CT molecular complexity index is 362. The molecule has 0 saturated carbocycles. The Labute approximate surface area is 118 Å². The molecule has 0 rings (SSSR count). The zero-order valence-electron chi connectivity index (χ0n) is 13.1. The van der Waals surface area contributed by atoms with Crippen LogP contribution in [0.4, 0.5) is 0 Å². The molecule has 0 unspecified atom stereocenters. The van der Waals surface area contributed by atoms with Crippen LogP contribution in [-0.4, -0.2) is 28.4 Å². The molecule has 0 atom stereocenters. The van der Waals surface area contributed by atoms with Gasteiger partial charge in [0, 0.05) is 12.5 Å². The zero-order chi connectivity index (χ0) is 15.3. The third-order valence-electron chi connectivity index (χ3n) is 1.80. The second-order valence-corrected chi connectivity index (χ2v) is 15.4. The average Bonchev–Trinajstić information content (AvgIpc) is 2.07. The minimum absolute atomic E-state index is 0.0631. The lowest BCUT2D eigenvalue weighted by atomic mass is 10.2. The molecule has 0 heterocycles. The fraction of sp³-hybridized carbons (Fsp3) is 0.692. The smallest absolute Gasteiger partial charge is 0.292 e. The molecule has 0 spiro atoms. The summed E-state index contributed by atoms with van der Waals surface area (Å²) in [5, 5.41) is 0. The molecule has 0 aliphatic heterocycles. The maximum Gasteiger partial charge on any atom is 0.292 e. The van der Waals surface area contributed by atoms with E-state index < -0.39 is 16.6 Å². The van der Waals surface area contributed by atoms with Gasteiger partial charge in [0.2, 0.25) is 16.6 Å². The normalized spacial score (nSPS) is 13.1. The maximum atomic E-state index is 11.7. The quantitative estimate of drug-likeness (QED) is 0.410. The van der Waals surface area contributed by atoms with Crippen molar-refractivity contribution in [2.45, 2.75) is 59.0 Å². The van der Waals surface area contributed by atoms with E-state index in [4.69, 9.17) is 8.85 Å². The Morgan fingerprint density at radius 2 is 1.37 bits per heavy atom. The number of allylic oxidation sites excluding steroid dienone is 2. The lowest BCUT2D eigenvalue weighted by molar-refractivity contribution is -0.135. The van der Waals surface area contributed by atoms with Crippen molar-refractivity contribution in [3.05, 3.63) is 11.8 Å². The number of rotatable bonds is 7. The van der Waals surface area contributed by atoms with E-state index in [1.807, 2.05) is 39.3 Å². The Hall–Kier alpha value is -0.886. The molecule has 0 aliphatic rings. The van der Waals surface area contributed by atoms with Crippen LogP contribution < -0.4 is 0 Å². The molecule has 0 aromatic rings. The van der Waals surface area contributed by atoms with Crippen molar-refractivity contribution in [2.75, 3.05) is 0 Å². The van der Waals surface area contributed by atoms with Crippen LogP contribution in [-0.2, 0) is 18.4 Å². The summed E-state index contributed by atoms with van der Waals surface area (Å²) in [6, 6.07) is 0. The average molecular weight is 303 g/mol. The van der Waals surface area contributed by atoms with Gasteiger partial charge in [0.1, 0.15) is 0 Å². The van der Waals surface area contributed by atoms with Gasteiger partial charge in [0.05, 0.1) is 12.2 Å². The van der Waals surface area contributed by atoms with Gasteiger partial charge in [0.15, 0.2) is 5.78 Å². The third-order valence-corrected chi connectivity index (χ3v) is 3.51. The topological polar surface area (TPSA) is 52.6 Å². The molecule has 110 valence electrons. The van der Waals surface area contributed by atoms with Gasteiger partial charge in [-0.25, -0.2) is 0 Å². The van der Waals surface area contributed by atoms with E-state index >= 15 is 0 Å². The van der Waals surface area contributed by atoms with E-state index in [9.17, 15) is 9.59 Å². The van der Waals surface area contributed by atoms with Crippen LogP contribution in [0.25, 0.3) is 0 Å². The molecule has 19 heavy (non-hydrogen) atoms. The van der Waals surface area contributed by atoms with E-state index in [1.54, 1.807) is 0 Å². The molecule has 6 heteroatoms. The van der Waals surface area contributed by atoms with E-state index in [0.717, 1.165) is 0 Å². The highest BCUT2D eigenvalue weighted by molar-refractivity contribution is 6.71. The predicted octanol–water partition coefficient (Wildman–Crippen LogP) is 3.47. The van der Waals surface area contributed by atoms with Crippen molar-refractivity contribution in [2.24, 2.45) is 0 Å². The van der Waals surface area contributed by atoms with Crippen molar-refractivity contribution < 1.29 is 18.4 Å². The summed E-state index contributed by atoms with van der Waals surface area (Å²) in [6.07, 6.45) is 2.15. The first kappa shape index (κ1) is 18.1. The van der Waals surface area contributed by atoms with Crippen LogP contribution in [0.15, 0.2) is 11.8 Å². The maximum absolute atomic E-state index is 11.7. The first-order valence-electron chi connectivity index (χ1n) is 6.51. The standard InChI is InChI=1S/C13H26O4Si2/c1-11(14)10-12(16-18(2,3)4)8-9-13(15)17-19(5,6)7/h10H,8-9H2,1-7H3/b12-10-. The van der Waals surface area contributed by atoms with Crippen molar-refractivity contribution >= 4 is 28.4 Å². The van der Waals surface area contributed by atoms with Gasteiger partial charge >= 0.3 is 0 Å². The molecule has 0 aliphatic carbocycles. The highest BCUT2D eigenvalue weighted by atomic mass is 28.4. The fourth-order valence-corrected chi connectivity index (χ4v) is 3.12. The van der Waals surface area contributed by atoms with Gasteiger partial charge in [0.25, 0.3) is 5.97 Å². The van der Waals surface area contributed by atoms with E-state index in [0.29, 0.717) is 12.2 Å². The molecule has 0 aromatic carbocycles. The van der Waals surface area contributed by atoms with Gasteiger partial charge < -0.3 is 8.85 Å². The molecule has 0 fully saturated rings. The largest absolute Gasteiger partial charge is 0.547 e. The Kier molecular flexibility index (Phi) is 6.72. The van der Waals surface area contributed by atoms with Crippen molar-refractivity contribution in [3.63, 3.8) is 0 Å². The number of hydrogen-bond acceptors (Lipinski definition) is 4. The zero-order valence-corrected chi connectivity index (χ0v) is 15.1. The summed E-state index contributed by atoms with van der Waals surface area (Å²) >= 11 is 0. The second-order valence-electron chi connectivity index (χ2n) is 6.52. The Morgan fingerprint density at radius 3 is 1.74 bits per heavy atom. The summed E-state index contributed by atoms with van der Waals surface area (Å²) in [6.45, 7) is 13.5. The van der Waals surface area contributed by atoms with Crippen LogP contribution in [0, 0.1) is 0 Å². The van der Waals surface area contributed by atoms with E-state index in [1.165, 1.54) is 13.0 Å². The van der Waals surface area contributed by atoms with E-state index in [-0.39, 0.29) is 18.2 Å². The minimum Gasteiger partial charge on any atom is -0.547 e. The van der Waals surface area contributed by atoms with Crippen LogP contribution in [0.2, 0.25) is 39.3 Å². The minimum atomic E-state index is -1.84. The molecule has 0 N–H and O–H groups in total. The third kappa shape index (κ3) is 11.9. The first-order chi connectivity index (χ1) is 8.39. The summed E-state index contributed by atoms with van der Waals surface area (Å²) in [7, 11) is -3.61. The second kappa shape index (κ2) is 7.05. The predicted molar refractivity (Wildman–Crippen MR) is 81.9 cm³/mol.